The Labute approximate surface area is 309 Å². The van der Waals surface area contributed by atoms with E-state index in [9.17, 15) is 38.4 Å². The Morgan fingerprint density at radius 1 is 0.574 bits per heavy atom. The number of rotatable bonds is 15. The molecule has 7 atom stereocenters. The SMILES string of the molecule is CC(=O)OCC(OC1OC(COC(=O)c2ccc(OC(C)=O)cc2)C(OC(C)=O)C(OC(C)=O)C1OC(C)=O)C(OC(C)=O)c1ccc(OC(C)=O)cc1. The van der Waals surface area contributed by atoms with Gasteiger partial charge in [0.15, 0.2) is 30.7 Å². The number of carbonyl (C=O) groups excluding carboxylic acids is 8. The highest BCUT2D eigenvalue weighted by atomic mass is 16.7. The molecule has 1 saturated heterocycles. The van der Waals surface area contributed by atoms with Crippen LogP contribution in [-0.4, -0.2) is 97.8 Å². The molecule has 0 radical (unpaired) electrons. The fourth-order valence-electron chi connectivity index (χ4n) is 5.16. The first-order valence-corrected chi connectivity index (χ1v) is 16.3. The van der Waals surface area contributed by atoms with Crippen molar-refractivity contribution in [3.8, 4) is 11.5 Å². The van der Waals surface area contributed by atoms with Crippen molar-refractivity contribution >= 4 is 47.8 Å². The number of ether oxygens (including phenoxy) is 10. The standard InChI is InChI=1S/C36H40O18/c1-18(37)45-16-29(31(49-21(4)40)25-8-12-27(13-9-25)47-19(2)38)53-36-34(52-24(7)43)33(51-23(6)42)32(50-22(5)41)30(54-36)17-46-35(44)26-10-14-28(15-11-26)48-20(3)39/h8-15,29-34,36H,16-17H2,1-7H3. The average molecular weight is 761 g/mol. The Morgan fingerprint density at radius 3 is 1.56 bits per heavy atom. The molecule has 0 amide bonds. The summed E-state index contributed by atoms with van der Waals surface area (Å²) < 4.78 is 55.2. The maximum absolute atomic E-state index is 13.1. The maximum atomic E-state index is 13.1. The summed E-state index contributed by atoms with van der Waals surface area (Å²) in [6.07, 6.45) is -10.9. The third-order valence-electron chi connectivity index (χ3n) is 7.09. The fraction of sp³-hybridized carbons (Fsp3) is 0.444. The molecule has 1 heterocycles. The molecule has 3 rings (SSSR count). The van der Waals surface area contributed by atoms with Gasteiger partial charge in [-0.05, 0) is 42.0 Å². The van der Waals surface area contributed by atoms with Crippen LogP contribution in [0.15, 0.2) is 48.5 Å². The molecule has 0 aliphatic carbocycles. The van der Waals surface area contributed by atoms with Crippen molar-refractivity contribution in [3.05, 3.63) is 59.7 Å². The molecule has 1 fully saturated rings. The highest BCUT2D eigenvalue weighted by Crippen LogP contribution is 2.34. The zero-order chi connectivity index (χ0) is 40.1. The molecule has 0 aromatic heterocycles. The van der Waals surface area contributed by atoms with Crippen molar-refractivity contribution in [2.24, 2.45) is 0 Å². The van der Waals surface area contributed by atoms with Gasteiger partial charge >= 0.3 is 47.8 Å². The molecule has 292 valence electrons. The lowest BCUT2D eigenvalue weighted by molar-refractivity contribution is -0.324. The second-order valence-corrected chi connectivity index (χ2v) is 11.7. The molecule has 0 bridgehead atoms. The van der Waals surface area contributed by atoms with Crippen LogP contribution < -0.4 is 9.47 Å². The number of esters is 8. The molecule has 0 N–H and O–H groups in total. The highest BCUT2D eigenvalue weighted by Gasteiger charge is 2.54. The first-order valence-electron chi connectivity index (χ1n) is 16.3. The van der Waals surface area contributed by atoms with Crippen LogP contribution in [0.4, 0.5) is 0 Å². The summed E-state index contributed by atoms with van der Waals surface area (Å²) in [4.78, 5) is 97.2. The Morgan fingerprint density at radius 2 is 1.07 bits per heavy atom. The molecule has 18 nitrogen and oxygen atoms in total. The fourth-order valence-corrected chi connectivity index (χ4v) is 5.16. The van der Waals surface area contributed by atoms with Crippen LogP contribution >= 0.6 is 0 Å². The smallest absolute Gasteiger partial charge is 0.338 e. The van der Waals surface area contributed by atoms with Crippen LogP contribution in [0.3, 0.4) is 0 Å². The number of carbonyl (C=O) groups is 8. The van der Waals surface area contributed by atoms with Crippen LogP contribution in [0.5, 0.6) is 11.5 Å². The monoisotopic (exact) mass is 760 g/mol. The molecule has 2 aromatic rings. The van der Waals surface area contributed by atoms with E-state index in [0.717, 1.165) is 34.6 Å². The Balaban J connectivity index is 2.06. The second kappa shape index (κ2) is 19.8. The van der Waals surface area contributed by atoms with E-state index in [0.29, 0.717) is 0 Å². The largest absolute Gasteiger partial charge is 0.463 e. The first-order chi connectivity index (χ1) is 25.4. The molecule has 18 heteroatoms. The molecular formula is C36H40O18. The molecule has 0 saturated carbocycles. The van der Waals surface area contributed by atoms with E-state index in [1.165, 1.54) is 62.4 Å². The molecule has 54 heavy (non-hydrogen) atoms. The van der Waals surface area contributed by atoms with E-state index in [2.05, 4.69) is 0 Å². The van der Waals surface area contributed by atoms with E-state index < -0.39 is 104 Å². The van der Waals surface area contributed by atoms with Crippen molar-refractivity contribution in [1.82, 2.24) is 0 Å². The average Bonchev–Trinajstić information content (AvgIpc) is 3.06. The van der Waals surface area contributed by atoms with Crippen molar-refractivity contribution in [2.75, 3.05) is 13.2 Å². The van der Waals surface area contributed by atoms with Gasteiger partial charge in [0.1, 0.15) is 36.9 Å². The van der Waals surface area contributed by atoms with Gasteiger partial charge in [-0.15, -0.1) is 0 Å². The quantitative estimate of drug-likeness (QED) is 0.144. The molecule has 2 aromatic carbocycles. The minimum Gasteiger partial charge on any atom is -0.463 e. The Bertz CT molecular complexity index is 1680. The van der Waals surface area contributed by atoms with Gasteiger partial charge in [-0.1, -0.05) is 12.1 Å². The molecular weight excluding hydrogens is 720 g/mol. The number of hydrogen-bond acceptors (Lipinski definition) is 18. The van der Waals surface area contributed by atoms with Gasteiger partial charge in [0.25, 0.3) is 0 Å². The van der Waals surface area contributed by atoms with Crippen molar-refractivity contribution in [1.29, 1.82) is 0 Å². The number of benzene rings is 2. The van der Waals surface area contributed by atoms with Crippen LogP contribution in [0.2, 0.25) is 0 Å². The van der Waals surface area contributed by atoms with Gasteiger partial charge in [-0.2, -0.15) is 0 Å². The zero-order valence-electron chi connectivity index (χ0n) is 30.4. The summed E-state index contributed by atoms with van der Waals surface area (Å²) in [7, 11) is 0. The Kier molecular flexibility index (Phi) is 15.6. The zero-order valence-corrected chi connectivity index (χ0v) is 30.4. The normalized spacial score (nSPS) is 20.2. The van der Waals surface area contributed by atoms with Crippen molar-refractivity contribution in [3.63, 3.8) is 0 Å². The van der Waals surface area contributed by atoms with Crippen LogP contribution in [0.1, 0.15) is 70.5 Å². The summed E-state index contributed by atoms with van der Waals surface area (Å²) in [6, 6.07) is 11.1. The predicted molar refractivity (Wildman–Crippen MR) is 177 cm³/mol. The van der Waals surface area contributed by atoms with Gasteiger partial charge in [0, 0.05) is 48.5 Å². The van der Waals surface area contributed by atoms with Crippen LogP contribution in [0.25, 0.3) is 0 Å². The van der Waals surface area contributed by atoms with Gasteiger partial charge in [-0.25, -0.2) is 4.79 Å². The van der Waals surface area contributed by atoms with Crippen molar-refractivity contribution in [2.45, 2.75) is 91.4 Å². The lowest BCUT2D eigenvalue weighted by atomic mass is 9.97. The van der Waals surface area contributed by atoms with Crippen molar-refractivity contribution < 1.29 is 85.7 Å². The van der Waals surface area contributed by atoms with Gasteiger partial charge in [0.05, 0.1) is 5.56 Å². The summed E-state index contributed by atoms with van der Waals surface area (Å²) in [5.74, 6) is -5.96. The lowest BCUT2D eigenvalue weighted by Crippen LogP contribution is -2.63. The lowest BCUT2D eigenvalue weighted by Gasteiger charge is -2.45. The topological polar surface area (TPSA) is 229 Å². The van der Waals surface area contributed by atoms with Crippen LogP contribution in [-0.2, 0) is 71.5 Å². The molecule has 1 aliphatic heterocycles. The maximum Gasteiger partial charge on any atom is 0.338 e. The van der Waals surface area contributed by atoms with E-state index >= 15 is 0 Å². The summed E-state index contributed by atoms with van der Waals surface area (Å²) >= 11 is 0. The minimum atomic E-state index is -1.77. The van der Waals surface area contributed by atoms with Gasteiger partial charge in [0.2, 0.25) is 0 Å². The van der Waals surface area contributed by atoms with E-state index in [1.807, 2.05) is 0 Å². The summed E-state index contributed by atoms with van der Waals surface area (Å²) in [6.45, 7) is 6.50. The third kappa shape index (κ3) is 13.3. The molecule has 1 aliphatic rings. The van der Waals surface area contributed by atoms with E-state index in [4.69, 9.17) is 47.4 Å². The minimum absolute atomic E-state index is 0.0262. The molecule has 7 unspecified atom stereocenters. The number of hydrogen-bond donors (Lipinski definition) is 0. The van der Waals surface area contributed by atoms with Crippen LogP contribution in [0, 0.1) is 0 Å². The molecule has 0 spiro atoms. The van der Waals surface area contributed by atoms with E-state index in [1.54, 1.807) is 0 Å². The van der Waals surface area contributed by atoms with Gasteiger partial charge in [-0.3, -0.25) is 33.6 Å². The van der Waals surface area contributed by atoms with E-state index in [-0.39, 0.29) is 22.6 Å². The predicted octanol–water partition coefficient (Wildman–Crippen LogP) is 2.47. The second-order valence-electron chi connectivity index (χ2n) is 11.7. The summed E-state index contributed by atoms with van der Waals surface area (Å²) in [5, 5.41) is 0. The van der Waals surface area contributed by atoms with Gasteiger partial charge < -0.3 is 47.4 Å². The summed E-state index contributed by atoms with van der Waals surface area (Å²) in [5.41, 5.74) is 0.288. The highest BCUT2D eigenvalue weighted by molar-refractivity contribution is 5.89. The third-order valence-corrected chi connectivity index (χ3v) is 7.09. The Hall–Kier alpha value is -5.88. The first kappa shape index (κ1) is 42.5.